The molecule has 3 aromatic carbocycles. The second-order valence-electron chi connectivity index (χ2n) is 12.6. The number of benzene rings is 3. The first-order chi connectivity index (χ1) is 22.4. The van der Waals surface area contributed by atoms with Crippen molar-refractivity contribution in [2.75, 3.05) is 16.9 Å². The molecule has 4 aliphatic rings. The van der Waals surface area contributed by atoms with Crippen molar-refractivity contribution < 1.29 is 33.4 Å². The molecule has 2 heterocycles. The van der Waals surface area contributed by atoms with E-state index in [2.05, 4.69) is 6.58 Å². The quantitative estimate of drug-likeness (QED) is 0.173. The maximum atomic E-state index is 14.6. The van der Waals surface area contributed by atoms with Crippen molar-refractivity contribution in [1.82, 2.24) is 0 Å². The summed E-state index contributed by atoms with van der Waals surface area (Å²) in [5.41, 5.74) is 1.54. The molecule has 240 valence electrons. The summed E-state index contributed by atoms with van der Waals surface area (Å²) >= 11 is 8.07. The molecule has 4 amide bonds. The number of anilines is 2. The number of methoxy groups -OCH3 is 1. The van der Waals surface area contributed by atoms with Crippen LogP contribution in [0.4, 0.5) is 15.8 Å². The topological polar surface area (TPSA) is 104 Å². The zero-order valence-corrected chi connectivity index (χ0v) is 28.3. The van der Waals surface area contributed by atoms with Crippen LogP contribution < -0.4 is 14.5 Å². The van der Waals surface area contributed by atoms with Crippen LogP contribution in [-0.2, 0) is 19.2 Å². The van der Waals surface area contributed by atoms with E-state index in [9.17, 15) is 28.7 Å². The number of carbonyl (C=O) groups is 4. The fourth-order valence-electron chi connectivity index (χ4n) is 8.20. The minimum Gasteiger partial charge on any atom is -0.504 e. The highest BCUT2D eigenvalue weighted by Gasteiger charge is 2.67. The summed E-state index contributed by atoms with van der Waals surface area (Å²) in [5, 5.41) is 10.5. The van der Waals surface area contributed by atoms with Crippen molar-refractivity contribution in [3.05, 3.63) is 98.4 Å². The van der Waals surface area contributed by atoms with Crippen LogP contribution in [0.15, 0.2) is 72.8 Å². The summed E-state index contributed by atoms with van der Waals surface area (Å²) in [6.45, 7) is 5.51. The van der Waals surface area contributed by atoms with Crippen LogP contribution in [0.1, 0.15) is 36.8 Å². The van der Waals surface area contributed by atoms with E-state index in [1.54, 1.807) is 49.4 Å². The number of phenolic OH excluding ortho intramolecular Hbond substituents is 1. The lowest BCUT2D eigenvalue weighted by molar-refractivity contribution is -0.131. The number of imide groups is 2. The van der Waals surface area contributed by atoms with Gasteiger partial charge in [-0.3, -0.25) is 24.1 Å². The molecule has 8 nitrogen and oxygen atoms in total. The van der Waals surface area contributed by atoms with Crippen molar-refractivity contribution in [2.45, 2.75) is 25.7 Å². The molecule has 0 unspecified atom stereocenters. The molecule has 7 rings (SSSR count). The van der Waals surface area contributed by atoms with Crippen LogP contribution in [-0.4, -0.2) is 35.8 Å². The molecule has 47 heavy (non-hydrogen) atoms. The van der Waals surface area contributed by atoms with E-state index in [0.717, 1.165) is 22.1 Å². The standard InChI is InChI=1S/C36H29ClFIN2O6/c1-4-17-5-7-19(8-6-17)40-32(43)22-11-10-21-23(29(22)34(40)45)16-24-33(44)41(20-9-12-26(38)25(37)15-20)35(46)36(24,2)30(21)18-13-27(39)31(42)28(14-18)47-3/h4-10,12-15,22-24,29-30,42H,1,11,16H2,2-3H3/t22-,23+,24-,29-,30-,36+/m0/s1. The molecule has 6 atom stereocenters. The third-order valence-corrected chi connectivity index (χ3v) is 11.5. The molecule has 0 spiro atoms. The molecule has 1 N–H and O–H groups in total. The van der Waals surface area contributed by atoms with E-state index in [-0.39, 0.29) is 46.9 Å². The number of rotatable bonds is 5. The highest BCUT2D eigenvalue weighted by Crippen LogP contribution is 2.64. The molecule has 3 fully saturated rings. The number of halogens is 3. The van der Waals surface area contributed by atoms with Gasteiger partial charge in [-0.25, -0.2) is 9.29 Å². The Balaban J connectivity index is 1.38. The van der Waals surface area contributed by atoms with Crippen molar-refractivity contribution in [2.24, 2.45) is 29.1 Å². The number of phenols is 1. The molecule has 2 aliphatic carbocycles. The minimum atomic E-state index is -1.33. The van der Waals surface area contributed by atoms with Crippen LogP contribution in [0, 0.1) is 38.5 Å². The second-order valence-corrected chi connectivity index (χ2v) is 14.2. The molecule has 0 radical (unpaired) electrons. The smallest absolute Gasteiger partial charge is 0.241 e. The Bertz CT molecular complexity index is 1950. The number of amides is 4. The van der Waals surface area contributed by atoms with Crippen LogP contribution in [0.2, 0.25) is 5.02 Å². The number of ether oxygens (including phenoxy) is 1. The van der Waals surface area contributed by atoms with E-state index in [4.69, 9.17) is 16.3 Å². The molecule has 0 bridgehead atoms. The fraction of sp³-hybridized carbons (Fsp3) is 0.278. The number of hydrogen-bond acceptors (Lipinski definition) is 6. The van der Waals surface area contributed by atoms with E-state index in [1.807, 2.05) is 28.7 Å². The van der Waals surface area contributed by atoms with Gasteiger partial charge in [0.2, 0.25) is 23.6 Å². The highest BCUT2D eigenvalue weighted by molar-refractivity contribution is 14.1. The first-order valence-electron chi connectivity index (χ1n) is 15.1. The van der Waals surface area contributed by atoms with Gasteiger partial charge < -0.3 is 9.84 Å². The number of nitrogens with zero attached hydrogens (tertiary/aromatic N) is 2. The first kappa shape index (κ1) is 31.6. The van der Waals surface area contributed by atoms with Crippen molar-refractivity contribution in [3.63, 3.8) is 0 Å². The molecule has 2 aliphatic heterocycles. The maximum absolute atomic E-state index is 14.6. The van der Waals surface area contributed by atoms with Gasteiger partial charge in [-0.15, -0.1) is 0 Å². The summed E-state index contributed by atoms with van der Waals surface area (Å²) in [4.78, 5) is 59.3. The monoisotopic (exact) mass is 766 g/mol. The van der Waals surface area contributed by atoms with Crippen LogP contribution in [0.25, 0.3) is 6.08 Å². The first-order valence-corrected chi connectivity index (χ1v) is 16.6. The number of hydrogen-bond donors (Lipinski definition) is 1. The average molecular weight is 767 g/mol. The molecule has 0 aromatic heterocycles. The Labute approximate surface area is 289 Å². The normalized spacial score (nSPS) is 28.2. The molecule has 11 heteroatoms. The van der Waals surface area contributed by atoms with E-state index < -0.39 is 52.6 Å². The predicted molar refractivity (Wildman–Crippen MR) is 182 cm³/mol. The van der Waals surface area contributed by atoms with E-state index in [1.165, 1.54) is 24.1 Å². The highest BCUT2D eigenvalue weighted by atomic mass is 127. The lowest BCUT2D eigenvalue weighted by Gasteiger charge is -2.49. The molecule has 3 aromatic rings. The number of carbonyl (C=O) groups excluding carboxylic acids is 4. The Kier molecular flexibility index (Phi) is 7.59. The van der Waals surface area contributed by atoms with Crippen molar-refractivity contribution in [3.8, 4) is 11.5 Å². The summed E-state index contributed by atoms with van der Waals surface area (Å²) < 4.78 is 20.1. The second kappa shape index (κ2) is 11.3. The van der Waals surface area contributed by atoms with Gasteiger partial charge in [0.05, 0.1) is 50.2 Å². The molecular weight excluding hydrogens is 738 g/mol. The summed E-state index contributed by atoms with van der Waals surface area (Å²) in [7, 11) is 1.43. The van der Waals surface area contributed by atoms with Gasteiger partial charge in [0.25, 0.3) is 0 Å². The lowest BCUT2D eigenvalue weighted by atomic mass is 9.51. The Hall–Kier alpha value is -4.03. The number of allylic oxidation sites excluding steroid dienone is 2. The Morgan fingerprint density at radius 3 is 2.36 bits per heavy atom. The van der Waals surface area contributed by atoms with Crippen LogP contribution in [0.3, 0.4) is 0 Å². The number of aromatic hydroxyl groups is 1. The zero-order valence-electron chi connectivity index (χ0n) is 25.4. The molecule has 1 saturated carbocycles. The van der Waals surface area contributed by atoms with E-state index >= 15 is 0 Å². The summed E-state index contributed by atoms with van der Waals surface area (Å²) in [5.74, 6) is -5.67. The van der Waals surface area contributed by atoms with Gasteiger partial charge in [-0.1, -0.05) is 48.0 Å². The third-order valence-electron chi connectivity index (χ3n) is 10.4. The summed E-state index contributed by atoms with van der Waals surface area (Å²) in [6, 6.07) is 14.1. The Morgan fingerprint density at radius 2 is 1.70 bits per heavy atom. The third kappa shape index (κ3) is 4.51. The molecular formula is C36H29ClFIN2O6. The Morgan fingerprint density at radius 1 is 1.00 bits per heavy atom. The van der Waals surface area contributed by atoms with Crippen molar-refractivity contribution in [1.29, 1.82) is 0 Å². The van der Waals surface area contributed by atoms with Gasteiger partial charge in [0, 0.05) is 5.92 Å². The molecule has 2 saturated heterocycles. The summed E-state index contributed by atoms with van der Waals surface area (Å²) in [6.07, 6.45) is 4.07. The fourth-order valence-corrected chi connectivity index (χ4v) is 9.00. The van der Waals surface area contributed by atoms with Gasteiger partial charge in [-0.05, 0) is 102 Å². The SMILES string of the molecule is C=Cc1ccc(N2C(=O)[C@H]3[C@H](CC=C4[C@H]3C[C@H]3C(=O)N(c5ccc(F)c(Cl)c5)C(=O)[C@@]3(C)[C@H]4c3cc(I)c(O)c(OC)c3)C2=O)cc1. The largest absolute Gasteiger partial charge is 0.504 e. The van der Waals surface area contributed by atoms with Crippen molar-refractivity contribution >= 4 is 75.3 Å². The van der Waals surface area contributed by atoms with Crippen LogP contribution in [0.5, 0.6) is 11.5 Å². The maximum Gasteiger partial charge on any atom is 0.241 e. The lowest BCUT2D eigenvalue weighted by Crippen LogP contribution is -2.48. The van der Waals surface area contributed by atoms with Gasteiger partial charge in [0.15, 0.2) is 11.5 Å². The average Bonchev–Trinajstić information content (AvgIpc) is 3.43. The van der Waals surface area contributed by atoms with Crippen LogP contribution >= 0.6 is 34.2 Å². The van der Waals surface area contributed by atoms with Gasteiger partial charge in [0.1, 0.15) is 5.82 Å². The number of fused-ring (bicyclic) bond motifs is 4. The van der Waals surface area contributed by atoms with E-state index in [0.29, 0.717) is 14.8 Å². The van der Waals surface area contributed by atoms with Gasteiger partial charge in [-0.2, -0.15) is 0 Å². The predicted octanol–water partition coefficient (Wildman–Crippen LogP) is 6.88. The zero-order chi connectivity index (χ0) is 33.5. The minimum absolute atomic E-state index is 0.0605. The van der Waals surface area contributed by atoms with Gasteiger partial charge >= 0.3 is 0 Å².